The largest absolute Gasteiger partial charge is 0.416 e. The Hall–Kier alpha value is -4.73. The number of carbonyl (C=O) groups is 1. The second kappa shape index (κ2) is 10.9. The Morgan fingerprint density at radius 1 is 1.15 bits per heavy atom. The zero-order valence-corrected chi connectivity index (χ0v) is 21.8. The van der Waals surface area contributed by atoms with E-state index in [0.29, 0.717) is 35.0 Å². The number of nitriles is 1. The quantitative estimate of drug-likeness (QED) is 0.351. The molecule has 10 nitrogen and oxygen atoms in total. The van der Waals surface area contributed by atoms with Crippen molar-refractivity contribution < 1.29 is 18.0 Å². The van der Waals surface area contributed by atoms with Crippen molar-refractivity contribution in [3.63, 3.8) is 0 Å². The summed E-state index contributed by atoms with van der Waals surface area (Å²) in [6.45, 7) is 4.01. The van der Waals surface area contributed by atoms with Gasteiger partial charge in [-0.2, -0.15) is 23.5 Å². The lowest BCUT2D eigenvalue weighted by Gasteiger charge is -2.18. The van der Waals surface area contributed by atoms with Crippen molar-refractivity contribution in [1.29, 1.82) is 5.26 Å². The topological polar surface area (TPSA) is 118 Å². The van der Waals surface area contributed by atoms with Crippen molar-refractivity contribution in [1.82, 2.24) is 29.5 Å². The normalized spacial score (nSPS) is 12.6. The predicted molar refractivity (Wildman–Crippen MR) is 138 cm³/mol. The first-order valence-corrected chi connectivity index (χ1v) is 12.2. The Labute approximate surface area is 222 Å². The molecule has 0 unspecified atom stereocenters. The minimum Gasteiger partial charge on any atom is -0.369 e. The molecule has 202 valence electrons. The lowest BCUT2D eigenvalue weighted by atomic mass is 10.0. The number of hydrogen-bond donors (Lipinski definition) is 1. The van der Waals surface area contributed by atoms with Crippen LogP contribution in [0.25, 0.3) is 22.6 Å². The van der Waals surface area contributed by atoms with Crippen LogP contribution in [0.2, 0.25) is 0 Å². The first kappa shape index (κ1) is 27.3. The Morgan fingerprint density at radius 2 is 1.92 bits per heavy atom. The molecule has 0 saturated carbocycles. The van der Waals surface area contributed by atoms with Crippen LogP contribution in [0.1, 0.15) is 41.8 Å². The zero-order chi connectivity index (χ0) is 28.3. The van der Waals surface area contributed by atoms with Gasteiger partial charge < -0.3 is 9.88 Å². The number of benzene rings is 1. The SMILES string of the molecule is CC.Cn1cnnc1-c1cnn(C)c1-c1cc(NCCC#N)nc(N2Cc3c(cccc3C(F)(F)F)C2=O)c1. The summed E-state index contributed by atoms with van der Waals surface area (Å²) in [5.41, 5.74) is 0.955. The molecule has 0 bridgehead atoms. The molecule has 0 aliphatic carbocycles. The molecule has 0 spiro atoms. The predicted octanol–water partition coefficient (Wildman–Crippen LogP) is 4.81. The fourth-order valence-electron chi connectivity index (χ4n) is 4.38. The summed E-state index contributed by atoms with van der Waals surface area (Å²) < 4.78 is 44.3. The standard InChI is InChI=1S/C24H20F3N9O.C2H6/c1-34-13-30-33-22(34)16-11-31-35(2)21(16)14-9-19(29-8-4-7-28)32-20(10-14)36-12-17-15(23(36)37)5-3-6-18(17)24(25,26)27;1-2/h3,5-6,9-11,13H,4,8,12H2,1-2H3,(H,29,32);1-2H3. The van der Waals surface area contributed by atoms with E-state index >= 15 is 0 Å². The molecule has 1 aliphatic rings. The molecule has 3 aromatic heterocycles. The number of alkyl halides is 3. The highest BCUT2D eigenvalue weighted by atomic mass is 19.4. The van der Waals surface area contributed by atoms with Crippen LogP contribution < -0.4 is 10.2 Å². The van der Waals surface area contributed by atoms with E-state index in [-0.39, 0.29) is 29.9 Å². The molecule has 1 aliphatic heterocycles. The van der Waals surface area contributed by atoms with E-state index in [2.05, 4.69) is 25.6 Å². The lowest BCUT2D eigenvalue weighted by Crippen LogP contribution is -2.24. The summed E-state index contributed by atoms with van der Waals surface area (Å²) in [4.78, 5) is 18.9. The summed E-state index contributed by atoms with van der Waals surface area (Å²) in [5, 5.41) is 24.4. The Morgan fingerprint density at radius 3 is 2.59 bits per heavy atom. The number of hydrogen-bond acceptors (Lipinski definition) is 7. The highest BCUT2D eigenvalue weighted by Crippen LogP contribution is 2.40. The van der Waals surface area contributed by atoms with Gasteiger partial charge in [-0.05, 0) is 29.8 Å². The summed E-state index contributed by atoms with van der Waals surface area (Å²) in [6, 6.07) is 8.98. The van der Waals surface area contributed by atoms with Crippen LogP contribution in [-0.2, 0) is 26.8 Å². The van der Waals surface area contributed by atoms with Gasteiger partial charge in [-0.3, -0.25) is 14.4 Å². The summed E-state index contributed by atoms with van der Waals surface area (Å²) in [7, 11) is 3.53. The van der Waals surface area contributed by atoms with Crippen molar-refractivity contribution in [2.24, 2.45) is 14.1 Å². The number of nitrogens with one attached hydrogen (secondary N) is 1. The van der Waals surface area contributed by atoms with Gasteiger partial charge in [-0.15, -0.1) is 10.2 Å². The fourth-order valence-corrected chi connectivity index (χ4v) is 4.38. The third-order valence-electron chi connectivity index (χ3n) is 6.07. The number of aromatic nitrogens is 6. The Kier molecular flexibility index (Phi) is 7.66. The van der Waals surface area contributed by atoms with Crippen molar-refractivity contribution in [2.75, 3.05) is 16.8 Å². The van der Waals surface area contributed by atoms with Gasteiger partial charge in [-0.1, -0.05) is 19.9 Å². The molecule has 1 amide bonds. The molecule has 39 heavy (non-hydrogen) atoms. The summed E-state index contributed by atoms with van der Waals surface area (Å²) in [6.07, 6.45) is -1.20. The van der Waals surface area contributed by atoms with Crippen LogP contribution >= 0.6 is 0 Å². The Bertz CT molecular complexity index is 1550. The third kappa shape index (κ3) is 5.18. The fraction of sp³-hybridized carbons (Fsp3) is 0.308. The van der Waals surface area contributed by atoms with Crippen molar-refractivity contribution >= 4 is 17.5 Å². The minimum atomic E-state index is -4.60. The van der Waals surface area contributed by atoms with Gasteiger partial charge in [0, 0.05) is 31.8 Å². The van der Waals surface area contributed by atoms with Crippen LogP contribution in [0.4, 0.5) is 24.8 Å². The number of fused-ring (bicyclic) bond motifs is 1. The highest BCUT2D eigenvalue weighted by Gasteiger charge is 2.40. The molecule has 0 fully saturated rings. The van der Waals surface area contributed by atoms with Crippen molar-refractivity contribution in [3.8, 4) is 28.7 Å². The molecular weight excluding hydrogens is 511 g/mol. The van der Waals surface area contributed by atoms with Crippen molar-refractivity contribution in [3.05, 3.63) is 59.5 Å². The van der Waals surface area contributed by atoms with E-state index in [4.69, 9.17) is 5.26 Å². The smallest absolute Gasteiger partial charge is 0.369 e. The van der Waals surface area contributed by atoms with E-state index in [0.717, 1.165) is 6.07 Å². The number of nitrogens with zero attached hydrogens (tertiary/aromatic N) is 8. The monoisotopic (exact) mass is 537 g/mol. The third-order valence-corrected chi connectivity index (χ3v) is 6.07. The van der Waals surface area contributed by atoms with Gasteiger partial charge >= 0.3 is 6.18 Å². The summed E-state index contributed by atoms with van der Waals surface area (Å²) in [5.74, 6) is 0.497. The second-order valence-electron chi connectivity index (χ2n) is 8.45. The first-order chi connectivity index (χ1) is 18.7. The lowest BCUT2D eigenvalue weighted by molar-refractivity contribution is -0.138. The van der Waals surface area contributed by atoms with E-state index < -0.39 is 17.6 Å². The molecule has 1 N–H and O–H groups in total. The van der Waals surface area contributed by atoms with Crippen LogP contribution in [0, 0.1) is 11.3 Å². The maximum atomic E-state index is 13.6. The maximum absolute atomic E-state index is 13.6. The molecule has 4 aromatic rings. The van der Waals surface area contributed by atoms with Gasteiger partial charge in [0.05, 0.1) is 42.1 Å². The summed E-state index contributed by atoms with van der Waals surface area (Å²) >= 11 is 0. The molecule has 0 atom stereocenters. The second-order valence-corrected chi connectivity index (χ2v) is 8.45. The highest BCUT2D eigenvalue weighted by molar-refractivity contribution is 6.10. The van der Waals surface area contributed by atoms with Gasteiger partial charge in [-0.25, -0.2) is 4.98 Å². The molecule has 0 saturated heterocycles. The number of carbonyl (C=O) groups excluding carboxylic acids is 1. The molecule has 5 rings (SSSR count). The Balaban J connectivity index is 0.00000172. The number of rotatable bonds is 6. The average Bonchev–Trinajstić information content (AvgIpc) is 3.61. The van der Waals surface area contributed by atoms with E-state index in [1.165, 1.54) is 17.0 Å². The number of anilines is 2. The van der Waals surface area contributed by atoms with Gasteiger partial charge in [0.25, 0.3) is 5.91 Å². The van der Waals surface area contributed by atoms with E-state index in [9.17, 15) is 18.0 Å². The average molecular weight is 538 g/mol. The van der Waals surface area contributed by atoms with Crippen LogP contribution in [-0.4, -0.2) is 42.0 Å². The number of pyridine rings is 1. The zero-order valence-electron chi connectivity index (χ0n) is 21.8. The molecular formula is C26H26F3N9O. The molecule has 4 heterocycles. The van der Waals surface area contributed by atoms with Crippen LogP contribution in [0.5, 0.6) is 0 Å². The maximum Gasteiger partial charge on any atom is 0.416 e. The number of amides is 1. The molecule has 0 radical (unpaired) electrons. The van der Waals surface area contributed by atoms with Crippen molar-refractivity contribution in [2.45, 2.75) is 33.0 Å². The number of aryl methyl sites for hydroxylation is 2. The van der Waals surface area contributed by atoms with E-state index in [1.54, 1.807) is 48.0 Å². The molecule has 1 aromatic carbocycles. The first-order valence-electron chi connectivity index (χ1n) is 12.2. The number of halogens is 3. The van der Waals surface area contributed by atoms with Gasteiger partial charge in [0.15, 0.2) is 5.82 Å². The van der Waals surface area contributed by atoms with Crippen LogP contribution in [0.15, 0.2) is 42.9 Å². The van der Waals surface area contributed by atoms with Crippen LogP contribution in [0.3, 0.4) is 0 Å². The molecule has 13 heteroatoms. The van der Waals surface area contributed by atoms with E-state index in [1.807, 2.05) is 19.9 Å². The minimum absolute atomic E-state index is 0.0127. The van der Waals surface area contributed by atoms with Gasteiger partial charge in [0.2, 0.25) is 0 Å². The van der Waals surface area contributed by atoms with Gasteiger partial charge in [0.1, 0.15) is 18.0 Å².